The minimum atomic E-state index is -0.835. The van der Waals surface area contributed by atoms with E-state index in [9.17, 15) is 14.4 Å². The van der Waals surface area contributed by atoms with Gasteiger partial charge in [0, 0.05) is 24.7 Å². The molecule has 0 spiro atoms. The molecule has 1 aromatic carbocycles. The van der Waals surface area contributed by atoms with E-state index in [1.54, 1.807) is 29.2 Å². The second-order valence-corrected chi connectivity index (χ2v) is 6.54. The van der Waals surface area contributed by atoms with E-state index in [1.165, 1.54) is 0 Å². The van der Waals surface area contributed by atoms with E-state index in [1.807, 2.05) is 13.8 Å². The Bertz CT molecular complexity index is 628. The first-order valence-corrected chi connectivity index (χ1v) is 8.55. The fourth-order valence-corrected chi connectivity index (χ4v) is 2.84. The molecule has 0 unspecified atom stereocenters. The number of likely N-dealkylation sites (tertiary alicyclic amines) is 1. The molecule has 7 heteroatoms. The van der Waals surface area contributed by atoms with Crippen LogP contribution in [0.2, 0.25) is 0 Å². The zero-order chi connectivity index (χ0) is 18.4. The number of rotatable bonds is 6. The van der Waals surface area contributed by atoms with Gasteiger partial charge in [-0.25, -0.2) is 4.79 Å². The quantitative estimate of drug-likeness (QED) is 0.735. The Labute approximate surface area is 147 Å². The van der Waals surface area contributed by atoms with Crippen LogP contribution in [0.4, 0.5) is 10.5 Å². The molecule has 1 aromatic rings. The van der Waals surface area contributed by atoms with Crippen LogP contribution in [-0.4, -0.2) is 46.5 Å². The van der Waals surface area contributed by atoms with Gasteiger partial charge >= 0.3 is 12.0 Å². The average Bonchev–Trinajstić information content (AvgIpc) is 3.03. The lowest BCUT2D eigenvalue weighted by Crippen LogP contribution is -2.49. The highest BCUT2D eigenvalue weighted by Crippen LogP contribution is 2.20. The van der Waals surface area contributed by atoms with Gasteiger partial charge in [-0.3, -0.25) is 9.59 Å². The van der Waals surface area contributed by atoms with E-state index in [0.29, 0.717) is 25.1 Å². The Morgan fingerprint density at radius 3 is 2.52 bits per heavy atom. The number of carboxylic acid groups (broad SMARTS) is 1. The van der Waals surface area contributed by atoms with E-state index < -0.39 is 12.0 Å². The molecular weight excluding hydrogens is 322 g/mol. The summed E-state index contributed by atoms with van der Waals surface area (Å²) < 4.78 is 0. The summed E-state index contributed by atoms with van der Waals surface area (Å²) in [5.74, 6) is -1.03. The molecule has 0 aliphatic carbocycles. The van der Waals surface area contributed by atoms with Crippen LogP contribution in [0.25, 0.3) is 0 Å². The van der Waals surface area contributed by atoms with Crippen molar-refractivity contribution in [2.45, 2.75) is 51.6 Å². The molecule has 1 heterocycles. The first-order chi connectivity index (χ1) is 11.9. The van der Waals surface area contributed by atoms with Crippen LogP contribution >= 0.6 is 0 Å². The van der Waals surface area contributed by atoms with Crippen molar-refractivity contribution in [2.24, 2.45) is 0 Å². The number of nitrogens with one attached hydrogen (secondary N) is 2. The molecule has 2 rings (SSSR count). The highest BCUT2D eigenvalue weighted by atomic mass is 16.4. The largest absolute Gasteiger partial charge is 0.481 e. The second-order valence-electron chi connectivity index (χ2n) is 6.54. The van der Waals surface area contributed by atoms with Gasteiger partial charge in [0.2, 0.25) is 5.91 Å². The van der Waals surface area contributed by atoms with Crippen molar-refractivity contribution in [1.82, 2.24) is 10.2 Å². The van der Waals surface area contributed by atoms with Gasteiger partial charge in [0.1, 0.15) is 6.04 Å². The molecule has 0 bridgehead atoms. The van der Waals surface area contributed by atoms with Gasteiger partial charge in [0.15, 0.2) is 0 Å². The van der Waals surface area contributed by atoms with Gasteiger partial charge in [-0.1, -0.05) is 12.1 Å². The second kappa shape index (κ2) is 8.50. The van der Waals surface area contributed by atoms with Crippen LogP contribution in [-0.2, 0) is 16.0 Å². The average molecular weight is 347 g/mol. The van der Waals surface area contributed by atoms with Gasteiger partial charge in [-0.15, -0.1) is 0 Å². The number of hydrogen-bond donors (Lipinski definition) is 3. The smallest absolute Gasteiger partial charge is 0.318 e. The van der Waals surface area contributed by atoms with Crippen molar-refractivity contribution < 1.29 is 19.5 Å². The first kappa shape index (κ1) is 18.8. The number of urea groups is 1. The highest BCUT2D eigenvalue weighted by Gasteiger charge is 2.34. The maximum atomic E-state index is 12.5. The van der Waals surface area contributed by atoms with Crippen LogP contribution in [0, 0.1) is 0 Å². The van der Waals surface area contributed by atoms with Gasteiger partial charge < -0.3 is 20.6 Å². The topological polar surface area (TPSA) is 98.7 Å². The molecule has 25 heavy (non-hydrogen) atoms. The van der Waals surface area contributed by atoms with Crippen LogP contribution < -0.4 is 10.6 Å². The minimum absolute atomic E-state index is 0.0233. The Balaban J connectivity index is 1.94. The van der Waals surface area contributed by atoms with Crippen molar-refractivity contribution in [3.8, 4) is 0 Å². The summed E-state index contributed by atoms with van der Waals surface area (Å²) in [6.07, 6.45) is 1.98. The molecule has 3 N–H and O–H groups in total. The van der Waals surface area contributed by atoms with Gasteiger partial charge in [0.25, 0.3) is 0 Å². The third kappa shape index (κ3) is 5.48. The number of carboxylic acids is 1. The maximum Gasteiger partial charge on any atom is 0.318 e. The summed E-state index contributed by atoms with van der Waals surface area (Å²) >= 11 is 0. The molecule has 1 aliphatic heterocycles. The number of carbonyl (C=O) groups is 3. The van der Waals surface area contributed by atoms with Crippen molar-refractivity contribution in [3.63, 3.8) is 0 Å². The summed E-state index contributed by atoms with van der Waals surface area (Å²) in [5, 5.41) is 14.4. The predicted octanol–water partition coefficient (Wildman–Crippen LogP) is 2.22. The fraction of sp³-hybridized carbons (Fsp3) is 0.500. The van der Waals surface area contributed by atoms with Crippen LogP contribution in [0.5, 0.6) is 0 Å². The lowest BCUT2D eigenvalue weighted by molar-refractivity contribution is -0.137. The number of anilines is 1. The standard InChI is InChI=1S/C18H25N3O4/c1-12(2)19-18(25)21-11-3-4-15(21)17(24)20-14-8-5-13(6-9-14)7-10-16(22)23/h5-6,8-9,12,15H,3-4,7,10-11H2,1-2H3,(H,19,25)(H,20,24)(H,22,23)/t15-/m0/s1. The summed E-state index contributed by atoms with van der Waals surface area (Å²) in [7, 11) is 0. The van der Waals surface area contributed by atoms with Crippen molar-refractivity contribution in [3.05, 3.63) is 29.8 Å². The molecule has 1 fully saturated rings. The number of aliphatic carboxylic acids is 1. The van der Waals surface area contributed by atoms with E-state index in [2.05, 4.69) is 10.6 Å². The minimum Gasteiger partial charge on any atom is -0.481 e. The lowest BCUT2D eigenvalue weighted by atomic mass is 10.1. The molecule has 1 saturated heterocycles. The Morgan fingerprint density at radius 1 is 1.24 bits per heavy atom. The SMILES string of the molecule is CC(C)NC(=O)N1CCC[C@H]1C(=O)Nc1ccc(CCC(=O)O)cc1. The summed E-state index contributed by atoms with van der Waals surface area (Å²) in [4.78, 5) is 36.9. The molecule has 0 saturated carbocycles. The monoisotopic (exact) mass is 347 g/mol. The molecule has 0 aromatic heterocycles. The predicted molar refractivity (Wildman–Crippen MR) is 94.4 cm³/mol. The van der Waals surface area contributed by atoms with Crippen molar-refractivity contribution in [1.29, 1.82) is 0 Å². The third-order valence-electron chi connectivity index (χ3n) is 4.08. The van der Waals surface area contributed by atoms with Gasteiger partial charge in [-0.05, 0) is 50.8 Å². The zero-order valence-corrected chi connectivity index (χ0v) is 14.6. The summed E-state index contributed by atoms with van der Waals surface area (Å²) in [5.41, 5.74) is 1.54. The first-order valence-electron chi connectivity index (χ1n) is 8.55. The number of hydrogen-bond acceptors (Lipinski definition) is 3. The van der Waals surface area contributed by atoms with Gasteiger partial charge in [0.05, 0.1) is 0 Å². The van der Waals surface area contributed by atoms with E-state index in [0.717, 1.165) is 12.0 Å². The maximum absolute atomic E-state index is 12.5. The fourth-order valence-electron chi connectivity index (χ4n) is 2.84. The van der Waals surface area contributed by atoms with Crippen molar-refractivity contribution >= 4 is 23.6 Å². The zero-order valence-electron chi connectivity index (χ0n) is 14.6. The molecule has 7 nitrogen and oxygen atoms in total. The van der Waals surface area contributed by atoms with E-state index in [4.69, 9.17) is 5.11 Å². The molecule has 0 radical (unpaired) electrons. The van der Waals surface area contributed by atoms with E-state index >= 15 is 0 Å². The van der Waals surface area contributed by atoms with Crippen LogP contribution in [0.3, 0.4) is 0 Å². The highest BCUT2D eigenvalue weighted by molar-refractivity contribution is 5.97. The summed E-state index contributed by atoms with van der Waals surface area (Å²) in [6, 6.07) is 6.45. The Morgan fingerprint density at radius 2 is 1.92 bits per heavy atom. The number of nitrogens with zero attached hydrogens (tertiary/aromatic N) is 1. The van der Waals surface area contributed by atoms with Gasteiger partial charge in [-0.2, -0.15) is 0 Å². The van der Waals surface area contributed by atoms with Crippen LogP contribution in [0.1, 0.15) is 38.7 Å². The van der Waals surface area contributed by atoms with Crippen molar-refractivity contribution in [2.75, 3.05) is 11.9 Å². The molecule has 1 atom stereocenters. The molecular formula is C18H25N3O4. The number of carbonyl (C=O) groups excluding carboxylic acids is 2. The lowest BCUT2D eigenvalue weighted by Gasteiger charge is -2.25. The molecule has 136 valence electrons. The van der Waals surface area contributed by atoms with E-state index in [-0.39, 0.29) is 24.4 Å². The number of benzene rings is 1. The molecule has 3 amide bonds. The Hall–Kier alpha value is -2.57. The molecule has 1 aliphatic rings. The third-order valence-corrected chi connectivity index (χ3v) is 4.08. The Kier molecular flexibility index (Phi) is 6.38. The number of aryl methyl sites for hydroxylation is 1. The normalized spacial score (nSPS) is 16.8. The number of amides is 3. The van der Waals surface area contributed by atoms with Crippen LogP contribution in [0.15, 0.2) is 24.3 Å². The summed E-state index contributed by atoms with van der Waals surface area (Å²) in [6.45, 7) is 4.34.